The number of hydrogen-bond donors (Lipinski definition) is 2. The molecule has 0 radical (unpaired) electrons. The van der Waals surface area contributed by atoms with Crippen LogP contribution in [0, 0.1) is 11.8 Å². The number of nitrogens with zero attached hydrogens (tertiary/aromatic N) is 2. The Morgan fingerprint density at radius 1 is 1.35 bits per heavy atom. The van der Waals surface area contributed by atoms with Gasteiger partial charge in [0.05, 0.1) is 0 Å². The molecule has 1 aliphatic carbocycles. The van der Waals surface area contributed by atoms with Gasteiger partial charge in [0.1, 0.15) is 0 Å². The summed E-state index contributed by atoms with van der Waals surface area (Å²) in [5, 5.41) is 15.4. The fraction of sp³-hybridized carbons (Fsp3) is 0.786. The van der Waals surface area contributed by atoms with E-state index < -0.39 is 0 Å². The van der Waals surface area contributed by atoms with Gasteiger partial charge in [-0.3, -0.25) is 4.79 Å². The fourth-order valence-corrected chi connectivity index (χ4v) is 3.55. The Morgan fingerprint density at radius 2 is 2.15 bits per heavy atom. The molecule has 0 spiro atoms. The highest BCUT2D eigenvalue weighted by molar-refractivity contribution is 7.17. The van der Waals surface area contributed by atoms with Crippen LogP contribution in [0.5, 0.6) is 0 Å². The molecule has 112 valence electrons. The molecule has 0 saturated heterocycles. The van der Waals surface area contributed by atoms with Gasteiger partial charge in [-0.1, -0.05) is 38.5 Å². The molecule has 1 aromatic heterocycles. The van der Waals surface area contributed by atoms with Gasteiger partial charge >= 0.3 is 0 Å². The first-order valence-electron chi connectivity index (χ1n) is 7.53. The molecular formula is C14H24N4OS. The van der Waals surface area contributed by atoms with Gasteiger partial charge in [0.2, 0.25) is 10.1 Å². The molecule has 3 atom stereocenters. The van der Waals surface area contributed by atoms with Crippen molar-refractivity contribution in [1.82, 2.24) is 15.5 Å². The van der Waals surface area contributed by atoms with Crippen molar-refractivity contribution >= 4 is 22.4 Å². The number of anilines is 1. The monoisotopic (exact) mass is 296 g/mol. The Labute approximate surface area is 124 Å². The molecule has 2 rings (SSSR count). The molecule has 20 heavy (non-hydrogen) atoms. The van der Waals surface area contributed by atoms with Gasteiger partial charge in [-0.15, -0.1) is 10.2 Å². The van der Waals surface area contributed by atoms with Gasteiger partial charge in [-0.05, 0) is 31.1 Å². The molecule has 0 aromatic carbocycles. The smallest absolute Gasteiger partial charge is 0.282 e. The van der Waals surface area contributed by atoms with E-state index in [2.05, 4.69) is 41.6 Å². The van der Waals surface area contributed by atoms with Crippen molar-refractivity contribution < 1.29 is 4.79 Å². The zero-order chi connectivity index (χ0) is 14.5. The lowest BCUT2D eigenvalue weighted by Crippen LogP contribution is -2.37. The maximum atomic E-state index is 12.2. The molecule has 1 heterocycles. The average molecular weight is 296 g/mol. The molecule has 1 saturated carbocycles. The number of carbonyl (C=O) groups is 1. The highest BCUT2D eigenvalue weighted by Crippen LogP contribution is 2.34. The highest BCUT2D eigenvalue weighted by Gasteiger charge is 2.33. The predicted molar refractivity (Wildman–Crippen MR) is 82.1 cm³/mol. The third-order valence-corrected chi connectivity index (χ3v) is 5.09. The Morgan fingerprint density at radius 3 is 2.80 bits per heavy atom. The molecule has 1 aliphatic rings. The van der Waals surface area contributed by atoms with Crippen LogP contribution < -0.4 is 10.6 Å². The number of amides is 1. The molecule has 1 fully saturated rings. The second kappa shape index (κ2) is 7.02. The van der Waals surface area contributed by atoms with E-state index >= 15 is 0 Å². The quantitative estimate of drug-likeness (QED) is 0.847. The third-order valence-electron chi connectivity index (χ3n) is 4.21. The Balaban J connectivity index is 1.90. The first-order chi connectivity index (χ1) is 9.65. The zero-order valence-electron chi connectivity index (χ0n) is 12.5. The number of rotatable bonds is 6. The lowest BCUT2D eigenvalue weighted by Gasteiger charge is -2.20. The van der Waals surface area contributed by atoms with Crippen LogP contribution in [0.15, 0.2) is 0 Å². The maximum absolute atomic E-state index is 12.2. The van der Waals surface area contributed by atoms with Crippen LogP contribution in [0.1, 0.15) is 56.3 Å². The van der Waals surface area contributed by atoms with E-state index in [1.807, 2.05) is 0 Å². The summed E-state index contributed by atoms with van der Waals surface area (Å²) in [6.45, 7) is 7.41. The second-order valence-corrected chi connectivity index (χ2v) is 6.50. The van der Waals surface area contributed by atoms with Gasteiger partial charge in [-0.2, -0.15) is 0 Å². The largest absolute Gasteiger partial charge is 0.360 e. The van der Waals surface area contributed by atoms with Crippen LogP contribution in [-0.2, 0) is 0 Å². The van der Waals surface area contributed by atoms with Crippen molar-refractivity contribution in [2.24, 2.45) is 11.8 Å². The van der Waals surface area contributed by atoms with Gasteiger partial charge in [-0.25, -0.2) is 0 Å². The number of hydrogen-bond acceptors (Lipinski definition) is 5. The molecule has 0 aliphatic heterocycles. The molecule has 2 N–H and O–H groups in total. The first kappa shape index (κ1) is 15.2. The summed E-state index contributed by atoms with van der Waals surface area (Å²) >= 11 is 1.33. The van der Waals surface area contributed by atoms with Crippen LogP contribution in [-0.4, -0.2) is 28.7 Å². The summed E-state index contributed by atoms with van der Waals surface area (Å²) in [5.74, 6) is 1.20. The van der Waals surface area contributed by atoms with Crippen molar-refractivity contribution in [1.29, 1.82) is 0 Å². The molecule has 0 bridgehead atoms. The average Bonchev–Trinajstić information content (AvgIpc) is 3.04. The minimum Gasteiger partial charge on any atom is -0.360 e. The Hall–Kier alpha value is -1.17. The summed E-state index contributed by atoms with van der Waals surface area (Å²) < 4.78 is 0. The van der Waals surface area contributed by atoms with Crippen LogP contribution in [0.3, 0.4) is 0 Å². The fourth-order valence-electron chi connectivity index (χ4n) is 2.88. The van der Waals surface area contributed by atoms with E-state index in [0.29, 0.717) is 10.9 Å². The van der Waals surface area contributed by atoms with Crippen molar-refractivity contribution in [3.8, 4) is 0 Å². The summed E-state index contributed by atoms with van der Waals surface area (Å²) in [4.78, 5) is 12.2. The van der Waals surface area contributed by atoms with E-state index in [4.69, 9.17) is 0 Å². The van der Waals surface area contributed by atoms with Gasteiger partial charge < -0.3 is 10.6 Å². The van der Waals surface area contributed by atoms with Crippen LogP contribution >= 0.6 is 11.3 Å². The number of nitrogens with one attached hydrogen (secondary N) is 2. The van der Waals surface area contributed by atoms with Gasteiger partial charge in [0.15, 0.2) is 0 Å². The Bertz CT molecular complexity index is 448. The van der Waals surface area contributed by atoms with E-state index in [-0.39, 0.29) is 11.9 Å². The zero-order valence-corrected chi connectivity index (χ0v) is 13.3. The van der Waals surface area contributed by atoms with E-state index in [1.54, 1.807) is 0 Å². The maximum Gasteiger partial charge on any atom is 0.282 e. The standard InChI is InChI=1S/C14H24N4OS/c1-4-8-15-14-18-17-13(20-14)12(19)16-11-7-6-10(5-2)9(11)3/h9-11H,4-8H2,1-3H3,(H,15,18)(H,16,19). The van der Waals surface area contributed by atoms with Crippen molar-refractivity contribution in [2.45, 2.75) is 52.5 Å². The number of carbonyl (C=O) groups excluding carboxylic acids is 1. The molecular weight excluding hydrogens is 272 g/mol. The van der Waals surface area contributed by atoms with Gasteiger partial charge in [0, 0.05) is 12.6 Å². The highest BCUT2D eigenvalue weighted by atomic mass is 32.1. The summed E-state index contributed by atoms with van der Waals surface area (Å²) in [6.07, 6.45) is 4.50. The van der Waals surface area contributed by atoms with Crippen molar-refractivity contribution in [2.75, 3.05) is 11.9 Å². The van der Waals surface area contributed by atoms with Crippen molar-refractivity contribution in [3.05, 3.63) is 5.01 Å². The Kier molecular flexibility index (Phi) is 5.34. The van der Waals surface area contributed by atoms with Crippen LogP contribution in [0.4, 0.5) is 5.13 Å². The minimum atomic E-state index is -0.0827. The van der Waals surface area contributed by atoms with E-state index in [0.717, 1.165) is 30.4 Å². The lowest BCUT2D eigenvalue weighted by molar-refractivity contribution is 0.0925. The topological polar surface area (TPSA) is 66.9 Å². The SMILES string of the molecule is CCCNc1nnc(C(=O)NC2CCC(CC)C2C)s1. The van der Waals surface area contributed by atoms with Crippen LogP contribution in [0.2, 0.25) is 0 Å². The summed E-state index contributed by atoms with van der Waals surface area (Å²) in [5.41, 5.74) is 0. The van der Waals surface area contributed by atoms with Crippen LogP contribution in [0.25, 0.3) is 0 Å². The molecule has 3 unspecified atom stereocenters. The minimum absolute atomic E-state index is 0.0827. The summed E-state index contributed by atoms with van der Waals surface area (Å²) in [6, 6.07) is 0.281. The predicted octanol–water partition coefficient (Wildman–Crippen LogP) is 2.91. The lowest BCUT2D eigenvalue weighted by atomic mass is 9.93. The van der Waals surface area contributed by atoms with Gasteiger partial charge in [0.25, 0.3) is 5.91 Å². The molecule has 5 nitrogen and oxygen atoms in total. The van der Waals surface area contributed by atoms with E-state index in [9.17, 15) is 4.79 Å². The third kappa shape index (κ3) is 3.48. The molecule has 1 amide bonds. The number of aromatic nitrogens is 2. The molecule has 1 aromatic rings. The van der Waals surface area contributed by atoms with Crippen molar-refractivity contribution in [3.63, 3.8) is 0 Å². The first-order valence-corrected chi connectivity index (χ1v) is 8.35. The van der Waals surface area contributed by atoms with E-state index in [1.165, 1.54) is 24.2 Å². The molecule has 6 heteroatoms. The second-order valence-electron chi connectivity index (χ2n) is 5.52. The normalized spacial score (nSPS) is 25.6. The summed E-state index contributed by atoms with van der Waals surface area (Å²) in [7, 11) is 0.